The summed E-state index contributed by atoms with van der Waals surface area (Å²) in [5.41, 5.74) is 7.24. The number of aryl methyl sites for hydroxylation is 1. The largest absolute Gasteiger partial charge is 0.324 e. The highest BCUT2D eigenvalue weighted by Crippen LogP contribution is 2.20. The topological polar surface area (TPSA) is 60.2 Å². The van der Waals surface area contributed by atoms with Crippen LogP contribution in [0.25, 0.3) is 10.8 Å². The van der Waals surface area contributed by atoms with Gasteiger partial charge in [-0.05, 0) is 41.3 Å². The molecule has 1 atom stereocenters. The molecule has 128 valence electrons. The van der Waals surface area contributed by atoms with Crippen molar-refractivity contribution in [2.24, 2.45) is 5.73 Å². The van der Waals surface area contributed by atoms with Crippen LogP contribution >= 0.6 is 0 Å². The first-order chi connectivity index (χ1) is 12.0. The molecule has 25 heavy (non-hydrogen) atoms. The summed E-state index contributed by atoms with van der Waals surface area (Å²) in [6.45, 7) is 0. The molecule has 3 aromatic carbocycles. The van der Waals surface area contributed by atoms with E-state index in [-0.39, 0.29) is 10.9 Å². The fourth-order valence-corrected chi connectivity index (χ4v) is 3.82. The first-order valence-electron chi connectivity index (χ1n) is 8.26. The molecule has 3 rings (SSSR count). The Labute approximate surface area is 148 Å². The van der Waals surface area contributed by atoms with Crippen LogP contribution in [0.4, 0.5) is 0 Å². The van der Waals surface area contributed by atoms with Crippen molar-refractivity contribution >= 4 is 20.6 Å². The van der Waals surface area contributed by atoms with Gasteiger partial charge >= 0.3 is 0 Å². The molecule has 0 fully saturated rings. The molecule has 0 bridgehead atoms. The van der Waals surface area contributed by atoms with E-state index in [1.165, 1.54) is 11.0 Å². The van der Waals surface area contributed by atoms with Gasteiger partial charge in [-0.2, -0.15) is 0 Å². The number of benzene rings is 3. The van der Waals surface area contributed by atoms with Crippen LogP contribution in [-0.4, -0.2) is 14.5 Å². The number of hydrogen-bond acceptors (Lipinski definition) is 3. The minimum Gasteiger partial charge on any atom is -0.324 e. The van der Waals surface area contributed by atoms with Crippen molar-refractivity contribution in [3.8, 4) is 0 Å². The smallest absolute Gasteiger partial charge is 0.199 e. The summed E-state index contributed by atoms with van der Waals surface area (Å²) >= 11 is 0. The van der Waals surface area contributed by atoms with Gasteiger partial charge in [0.05, 0.1) is 4.90 Å². The van der Waals surface area contributed by atoms with Gasteiger partial charge in [-0.15, -0.1) is 0 Å². The third-order valence-corrected chi connectivity index (χ3v) is 5.59. The molecule has 0 saturated heterocycles. The lowest BCUT2D eigenvalue weighted by Gasteiger charge is -2.07. The van der Waals surface area contributed by atoms with Crippen LogP contribution < -0.4 is 5.73 Å². The van der Waals surface area contributed by atoms with E-state index < -0.39 is 9.84 Å². The Kier molecular flexibility index (Phi) is 5.31. The van der Waals surface area contributed by atoms with Crippen LogP contribution in [0.5, 0.6) is 0 Å². The van der Waals surface area contributed by atoms with Gasteiger partial charge in [-0.3, -0.25) is 0 Å². The van der Waals surface area contributed by atoms with Gasteiger partial charge in [0, 0.05) is 11.4 Å². The Morgan fingerprint density at radius 2 is 1.56 bits per heavy atom. The van der Waals surface area contributed by atoms with Gasteiger partial charge < -0.3 is 5.73 Å². The van der Waals surface area contributed by atoms with Crippen molar-refractivity contribution in [1.29, 1.82) is 0 Å². The van der Waals surface area contributed by atoms with E-state index >= 15 is 0 Å². The van der Waals surface area contributed by atoms with Gasteiger partial charge in [0.25, 0.3) is 0 Å². The normalized spacial score (nSPS) is 13.3. The van der Waals surface area contributed by atoms with Gasteiger partial charge in [-0.1, -0.05) is 66.7 Å². The summed E-state index contributed by atoms with van der Waals surface area (Å²) in [7, 11) is -3.49. The molecule has 0 aliphatic rings. The Morgan fingerprint density at radius 1 is 0.880 bits per heavy atom. The molecule has 0 spiro atoms. The monoisotopic (exact) mass is 351 g/mol. The molecule has 0 amide bonds. The fraction of sp³-hybridized carbons (Fsp3) is 0.143. The minimum absolute atomic E-state index is 0.290. The molecular weight excluding hydrogens is 330 g/mol. The maximum absolute atomic E-state index is 12.5. The van der Waals surface area contributed by atoms with E-state index in [0.29, 0.717) is 6.42 Å². The van der Waals surface area contributed by atoms with Crippen LogP contribution in [0.1, 0.15) is 12.0 Å². The average Bonchev–Trinajstić information content (AvgIpc) is 2.65. The van der Waals surface area contributed by atoms with Gasteiger partial charge in [0.15, 0.2) is 9.84 Å². The molecule has 2 N–H and O–H groups in total. The zero-order valence-corrected chi connectivity index (χ0v) is 14.7. The van der Waals surface area contributed by atoms with Gasteiger partial charge in [-0.25, -0.2) is 8.42 Å². The first-order valence-corrected chi connectivity index (χ1v) is 9.81. The lowest BCUT2D eigenvalue weighted by atomic mass is 10.1. The quantitative estimate of drug-likeness (QED) is 0.728. The molecule has 0 radical (unpaired) electrons. The molecule has 0 aliphatic heterocycles. The first kappa shape index (κ1) is 17.4. The minimum atomic E-state index is -3.49. The summed E-state index contributed by atoms with van der Waals surface area (Å²) in [6, 6.07) is 22.6. The summed E-state index contributed by atoms with van der Waals surface area (Å²) in [5, 5.41) is 3.16. The van der Waals surface area contributed by atoms with Crippen molar-refractivity contribution < 1.29 is 8.42 Å². The van der Waals surface area contributed by atoms with E-state index in [1.807, 2.05) is 60.7 Å². The van der Waals surface area contributed by atoms with Crippen molar-refractivity contribution in [1.82, 2.24) is 0 Å². The average molecular weight is 351 g/mol. The lowest BCUT2D eigenvalue weighted by molar-refractivity contribution is 0.604. The molecule has 3 nitrogen and oxygen atoms in total. The van der Waals surface area contributed by atoms with Crippen LogP contribution in [0, 0.1) is 0 Å². The molecule has 0 saturated carbocycles. The third kappa shape index (κ3) is 4.56. The predicted octanol–water partition coefficient (Wildman–Crippen LogP) is 4.09. The molecule has 4 heteroatoms. The zero-order valence-electron chi connectivity index (χ0n) is 13.9. The van der Waals surface area contributed by atoms with Crippen molar-refractivity contribution in [2.75, 3.05) is 0 Å². The number of rotatable bonds is 6. The SMILES string of the molecule is N[C@H](C=CS(=O)(=O)c1ccc2ccccc2c1)CCc1ccccc1. The maximum atomic E-state index is 12.5. The number of hydrogen-bond donors (Lipinski definition) is 1. The molecule has 0 aromatic heterocycles. The van der Waals surface area contributed by atoms with Crippen LogP contribution in [0.2, 0.25) is 0 Å². The van der Waals surface area contributed by atoms with E-state index in [0.717, 1.165) is 17.2 Å². The number of nitrogens with two attached hydrogens (primary N) is 1. The number of fused-ring (bicyclic) bond motifs is 1. The van der Waals surface area contributed by atoms with E-state index in [2.05, 4.69) is 0 Å². The standard InChI is InChI=1S/C21H21NO2S/c22-20(12-10-17-6-2-1-3-7-17)14-15-25(23,24)21-13-11-18-8-4-5-9-19(18)16-21/h1-9,11,13-16,20H,10,12,22H2/t20-/m0/s1. The molecule has 0 aliphatic carbocycles. The Balaban J connectivity index is 1.69. The van der Waals surface area contributed by atoms with Crippen molar-refractivity contribution in [3.63, 3.8) is 0 Å². The highest BCUT2D eigenvalue weighted by atomic mass is 32.2. The Bertz CT molecular complexity index is 979. The lowest BCUT2D eigenvalue weighted by Crippen LogP contribution is -2.18. The summed E-state index contributed by atoms with van der Waals surface area (Å²) in [6.07, 6.45) is 3.10. The zero-order chi connectivity index (χ0) is 17.7. The highest BCUT2D eigenvalue weighted by Gasteiger charge is 2.11. The van der Waals surface area contributed by atoms with E-state index in [4.69, 9.17) is 5.73 Å². The van der Waals surface area contributed by atoms with Crippen LogP contribution in [0.15, 0.2) is 89.2 Å². The maximum Gasteiger partial charge on any atom is 0.199 e. The second kappa shape index (κ2) is 7.64. The van der Waals surface area contributed by atoms with Gasteiger partial charge in [0.1, 0.15) is 0 Å². The molecule has 0 unspecified atom stereocenters. The molecular formula is C21H21NO2S. The van der Waals surface area contributed by atoms with Gasteiger partial charge in [0.2, 0.25) is 0 Å². The highest BCUT2D eigenvalue weighted by molar-refractivity contribution is 7.94. The predicted molar refractivity (Wildman–Crippen MR) is 103 cm³/mol. The fourth-order valence-electron chi connectivity index (χ4n) is 2.70. The number of sulfone groups is 1. The van der Waals surface area contributed by atoms with E-state index in [9.17, 15) is 8.42 Å². The summed E-state index contributed by atoms with van der Waals surface area (Å²) in [4.78, 5) is 0.290. The third-order valence-electron chi connectivity index (χ3n) is 4.16. The Hall–Kier alpha value is -2.43. The van der Waals surface area contributed by atoms with Crippen LogP contribution in [-0.2, 0) is 16.3 Å². The van der Waals surface area contributed by atoms with Crippen molar-refractivity contribution in [2.45, 2.75) is 23.8 Å². The second-order valence-electron chi connectivity index (χ2n) is 6.07. The van der Waals surface area contributed by atoms with Crippen molar-refractivity contribution in [3.05, 3.63) is 89.8 Å². The Morgan fingerprint density at radius 3 is 2.32 bits per heavy atom. The van der Waals surface area contributed by atoms with E-state index in [1.54, 1.807) is 18.2 Å². The summed E-state index contributed by atoms with van der Waals surface area (Å²) in [5.74, 6) is 0. The summed E-state index contributed by atoms with van der Waals surface area (Å²) < 4.78 is 25.0. The van der Waals surface area contributed by atoms with Crippen LogP contribution in [0.3, 0.4) is 0 Å². The molecule has 3 aromatic rings. The molecule has 0 heterocycles. The second-order valence-corrected chi connectivity index (χ2v) is 7.90.